The summed E-state index contributed by atoms with van der Waals surface area (Å²) in [5.41, 5.74) is 1.24. The molecule has 2 amide bonds. The van der Waals surface area contributed by atoms with Crippen LogP contribution < -0.4 is 10.6 Å². The lowest BCUT2D eigenvalue weighted by Gasteiger charge is -2.23. The van der Waals surface area contributed by atoms with E-state index in [4.69, 9.17) is 24.1 Å². The van der Waals surface area contributed by atoms with Crippen LogP contribution in [0.1, 0.15) is 40.0 Å². The molecule has 0 radical (unpaired) electrons. The van der Waals surface area contributed by atoms with E-state index >= 15 is 0 Å². The lowest BCUT2D eigenvalue weighted by atomic mass is 9.82. The zero-order valence-corrected chi connectivity index (χ0v) is 20.5. The van der Waals surface area contributed by atoms with Gasteiger partial charge in [-0.25, -0.2) is 0 Å². The van der Waals surface area contributed by atoms with Crippen molar-refractivity contribution in [3.05, 3.63) is 29.3 Å². The van der Waals surface area contributed by atoms with E-state index in [9.17, 15) is 24.0 Å². The third-order valence-electron chi connectivity index (χ3n) is 5.95. The number of rotatable bonds is 17. The maximum Gasteiger partial charge on any atom is 0.305 e. The molecule has 12 nitrogen and oxygen atoms in total. The Balaban J connectivity index is 1.26. The van der Waals surface area contributed by atoms with E-state index in [1.165, 1.54) is 0 Å². The first-order chi connectivity index (χ1) is 17.9. The number of carbonyl (C=O) groups excluding carboxylic acids is 4. The quantitative estimate of drug-likeness (QED) is 0.150. The molecule has 1 aliphatic carbocycles. The first-order valence-corrected chi connectivity index (χ1v) is 12.2. The minimum atomic E-state index is -1.08. The Morgan fingerprint density at radius 3 is 2.08 bits per heavy atom. The number of hydrogen-bond acceptors (Lipinski definition) is 10. The Morgan fingerprint density at radius 2 is 1.46 bits per heavy atom. The van der Waals surface area contributed by atoms with Crippen LogP contribution in [0.5, 0.6) is 0 Å². The van der Waals surface area contributed by atoms with Crippen molar-refractivity contribution in [2.45, 2.75) is 19.3 Å². The summed E-state index contributed by atoms with van der Waals surface area (Å²) in [5, 5.41) is 13.8. The summed E-state index contributed by atoms with van der Waals surface area (Å²) in [4.78, 5) is 59.6. The molecule has 1 saturated heterocycles. The normalized spacial score (nSPS) is 19.1. The average Bonchev–Trinajstić information content (AvgIpc) is 3.11. The van der Waals surface area contributed by atoms with Crippen molar-refractivity contribution in [1.82, 2.24) is 5.32 Å². The Labute approximate surface area is 214 Å². The van der Waals surface area contributed by atoms with E-state index in [0.29, 0.717) is 64.0 Å². The number of nitrogens with one attached hydrogen (secondary N) is 2. The van der Waals surface area contributed by atoms with Crippen LogP contribution >= 0.6 is 0 Å². The fourth-order valence-electron chi connectivity index (χ4n) is 4.11. The van der Waals surface area contributed by atoms with Gasteiger partial charge in [-0.05, 0) is 24.6 Å². The molecule has 1 aromatic carbocycles. The monoisotopic (exact) mass is 520 g/mol. The number of carbonyl (C=O) groups is 5. The minimum absolute atomic E-state index is 0.0282. The molecule has 1 aliphatic heterocycles. The van der Waals surface area contributed by atoms with Crippen molar-refractivity contribution < 1.29 is 48.0 Å². The molecule has 2 unspecified atom stereocenters. The number of amides is 2. The van der Waals surface area contributed by atoms with E-state index in [1.54, 1.807) is 18.2 Å². The van der Waals surface area contributed by atoms with Crippen molar-refractivity contribution in [3.8, 4) is 0 Å². The van der Waals surface area contributed by atoms with Crippen LogP contribution in [0.25, 0.3) is 0 Å². The Hall–Kier alpha value is -3.19. The van der Waals surface area contributed by atoms with Gasteiger partial charge in [-0.15, -0.1) is 0 Å². The second-order valence-corrected chi connectivity index (χ2v) is 8.54. The molecule has 1 aromatic rings. The SMILES string of the molecule is O=C(O)CCOCCOCCOCCOCCNc1ccc2c(c1)C(=O)C(C1CCC(=O)NC1=O)C2=O. The summed E-state index contributed by atoms with van der Waals surface area (Å²) in [6.45, 7) is 3.33. The van der Waals surface area contributed by atoms with Gasteiger partial charge >= 0.3 is 5.97 Å². The molecule has 0 spiro atoms. The molecule has 3 rings (SSSR count). The molecular formula is C25H32N2O10. The second kappa shape index (κ2) is 14.5. The molecule has 12 heteroatoms. The smallest absolute Gasteiger partial charge is 0.305 e. The molecule has 0 saturated carbocycles. The largest absolute Gasteiger partial charge is 0.481 e. The van der Waals surface area contributed by atoms with E-state index in [2.05, 4.69) is 10.6 Å². The summed E-state index contributed by atoms with van der Waals surface area (Å²) in [6, 6.07) is 4.90. The standard InChI is InChI=1S/C25H32N2O10/c28-20-4-3-18(25(33)27-20)22-23(31)17-2-1-16(15-19(17)24(22)32)26-6-8-35-10-12-37-14-13-36-11-9-34-7-5-21(29)30/h1-2,15,18,22,26H,3-14H2,(H,29,30)(H,27,28,33). The second-order valence-electron chi connectivity index (χ2n) is 8.54. The first kappa shape index (κ1) is 28.4. The molecule has 1 heterocycles. The molecule has 0 bridgehead atoms. The summed E-state index contributed by atoms with van der Waals surface area (Å²) >= 11 is 0. The highest BCUT2D eigenvalue weighted by Crippen LogP contribution is 2.36. The highest BCUT2D eigenvalue weighted by atomic mass is 16.6. The van der Waals surface area contributed by atoms with Crippen molar-refractivity contribution in [2.24, 2.45) is 11.8 Å². The van der Waals surface area contributed by atoms with Gasteiger partial charge in [0.15, 0.2) is 11.6 Å². The number of ether oxygens (including phenoxy) is 4. The summed E-state index contributed by atoms with van der Waals surface area (Å²) in [7, 11) is 0. The van der Waals surface area contributed by atoms with Gasteiger partial charge in [-0.2, -0.15) is 0 Å². The van der Waals surface area contributed by atoms with Crippen molar-refractivity contribution in [1.29, 1.82) is 0 Å². The predicted octanol–water partition coefficient (Wildman–Crippen LogP) is 0.688. The molecule has 37 heavy (non-hydrogen) atoms. The number of imide groups is 1. The zero-order valence-electron chi connectivity index (χ0n) is 20.5. The van der Waals surface area contributed by atoms with Crippen LogP contribution in [-0.4, -0.2) is 93.9 Å². The number of carboxylic acid groups (broad SMARTS) is 1. The molecule has 0 aromatic heterocycles. The first-order valence-electron chi connectivity index (χ1n) is 12.2. The van der Waals surface area contributed by atoms with E-state index < -0.39 is 23.7 Å². The van der Waals surface area contributed by atoms with Gasteiger partial charge in [0.25, 0.3) is 0 Å². The summed E-state index contributed by atoms with van der Waals surface area (Å²) in [6.07, 6.45) is 0.271. The topological polar surface area (TPSA) is 167 Å². The van der Waals surface area contributed by atoms with E-state index in [-0.39, 0.29) is 48.9 Å². The van der Waals surface area contributed by atoms with E-state index in [0.717, 1.165) is 0 Å². The van der Waals surface area contributed by atoms with Crippen LogP contribution in [0.15, 0.2) is 18.2 Å². The van der Waals surface area contributed by atoms with E-state index in [1.807, 2.05) is 0 Å². The van der Waals surface area contributed by atoms with Crippen LogP contribution in [0.4, 0.5) is 5.69 Å². The predicted molar refractivity (Wildman–Crippen MR) is 128 cm³/mol. The minimum Gasteiger partial charge on any atom is -0.481 e. The molecule has 3 N–H and O–H groups in total. The van der Waals surface area contributed by atoms with Gasteiger partial charge in [0.1, 0.15) is 0 Å². The maximum absolute atomic E-state index is 12.9. The van der Waals surface area contributed by atoms with Gasteiger partial charge in [0.05, 0.1) is 71.1 Å². The van der Waals surface area contributed by atoms with Crippen LogP contribution in [0, 0.1) is 11.8 Å². The van der Waals surface area contributed by atoms with Gasteiger partial charge in [-0.3, -0.25) is 29.3 Å². The summed E-state index contributed by atoms with van der Waals surface area (Å²) in [5.74, 6) is -4.52. The average molecular weight is 521 g/mol. The zero-order chi connectivity index (χ0) is 26.6. The van der Waals surface area contributed by atoms with Crippen molar-refractivity contribution in [3.63, 3.8) is 0 Å². The number of carboxylic acids is 1. The van der Waals surface area contributed by atoms with Gasteiger partial charge in [0, 0.05) is 29.8 Å². The number of ketones is 2. The third-order valence-corrected chi connectivity index (χ3v) is 5.95. The molecule has 2 aliphatic rings. The van der Waals surface area contributed by atoms with Gasteiger partial charge < -0.3 is 29.4 Å². The number of anilines is 1. The number of aliphatic carboxylic acids is 1. The molecule has 1 fully saturated rings. The lowest BCUT2D eigenvalue weighted by molar-refractivity contribution is -0.139. The molecule has 202 valence electrons. The number of piperidine rings is 1. The summed E-state index contributed by atoms with van der Waals surface area (Å²) < 4.78 is 21.3. The Kier molecular flexibility index (Phi) is 11.1. The maximum atomic E-state index is 12.9. The number of Topliss-reactive ketones (excluding diaryl/α,β-unsaturated/α-hetero) is 2. The highest BCUT2D eigenvalue weighted by molar-refractivity contribution is 6.28. The number of hydrogen-bond donors (Lipinski definition) is 3. The number of fused-ring (bicyclic) bond motifs is 1. The van der Waals surface area contributed by atoms with Crippen LogP contribution in [0.3, 0.4) is 0 Å². The van der Waals surface area contributed by atoms with Gasteiger partial charge in [-0.1, -0.05) is 0 Å². The molecule has 2 atom stereocenters. The Morgan fingerprint density at radius 1 is 0.865 bits per heavy atom. The number of benzene rings is 1. The Bertz CT molecular complexity index is 996. The lowest BCUT2D eigenvalue weighted by Crippen LogP contribution is -2.46. The molecular weight excluding hydrogens is 488 g/mol. The van der Waals surface area contributed by atoms with Gasteiger partial charge in [0.2, 0.25) is 11.8 Å². The third kappa shape index (κ3) is 8.42. The highest BCUT2D eigenvalue weighted by Gasteiger charge is 2.47. The van der Waals surface area contributed by atoms with Crippen LogP contribution in [0.2, 0.25) is 0 Å². The fourth-order valence-corrected chi connectivity index (χ4v) is 4.11. The van der Waals surface area contributed by atoms with Crippen LogP contribution in [-0.2, 0) is 33.3 Å². The van der Waals surface area contributed by atoms with Crippen molar-refractivity contribution >= 4 is 35.0 Å². The van der Waals surface area contributed by atoms with Crippen molar-refractivity contribution in [2.75, 3.05) is 64.7 Å². The fraction of sp³-hybridized carbons (Fsp3) is 0.560.